The Hall–Kier alpha value is -5.49. The average Bonchev–Trinajstić information content (AvgIpc) is 1.36. The third-order valence-electron chi connectivity index (χ3n) is 10.9. The van der Waals surface area contributed by atoms with Crippen molar-refractivity contribution < 1.29 is 130 Å². The topological polar surface area (TPSA) is 586 Å². The van der Waals surface area contributed by atoms with Crippen molar-refractivity contribution in [2.75, 3.05) is 62.5 Å². The fourth-order valence-electron chi connectivity index (χ4n) is 6.19. The largest absolute Gasteiger partial charge is 0.391 e. The number of carbonyl (C=O) groups is 10. The Morgan fingerprint density at radius 3 is 1.62 bits per heavy atom. The first-order chi connectivity index (χ1) is 39.6. The molecule has 1 fully saturated rings. The fourth-order valence-corrected chi connectivity index (χ4v) is 9.27. The van der Waals surface area contributed by atoms with E-state index in [1.807, 2.05) is 0 Å². The summed E-state index contributed by atoms with van der Waals surface area (Å²) in [6.07, 6.45) is -0.766. The third-order valence-corrected chi connectivity index (χ3v) is 15.2. The van der Waals surface area contributed by atoms with Crippen LogP contribution in [-0.4, -0.2) is 253 Å². The summed E-state index contributed by atoms with van der Waals surface area (Å²) in [5, 5.41) is 58.1. The van der Waals surface area contributed by atoms with Crippen LogP contribution in [0.15, 0.2) is 6.20 Å². The van der Waals surface area contributed by atoms with E-state index < -0.39 is 167 Å². The van der Waals surface area contributed by atoms with Gasteiger partial charge in [-0.15, -0.1) is 5.10 Å². The van der Waals surface area contributed by atoms with E-state index in [1.54, 1.807) is 40.8 Å². The highest BCUT2D eigenvalue weighted by molar-refractivity contribution is 7.90. The Balaban J connectivity index is -0.00000104. The van der Waals surface area contributed by atoms with Crippen molar-refractivity contribution in [2.45, 2.75) is 122 Å². The minimum Gasteiger partial charge on any atom is -0.391 e. The van der Waals surface area contributed by atoms with Gasteiger partial charge in [-0.05, 0) is 12.8 Å². The Labute approximate surface area is 504 Å². The molecule has 1 aliphatic rings. The van der Waals surface area contributed by atoms with Crippen LogP contribution in [0.4, 0.5) is 0 Å². The Kier molecular flexibility index (Phi) is 40.3. The molecule has 1 saturated heterocycles. The molecule has 41 heteroatoms. The molecule has 504 valence electrons. The summed E-state index contributed by atoms with van der Waals surface area (Å²) in [5.74, 6) is -10.1. The van der Waals surface area contributed by atoms with E-state index in [9.17, 15) is 107 Å². The van der Waals surface area contributed by atoms with E-state index in [1.165, 1.54) is 18.5 Å². The quantitative estimate of drug-likeness (QED) is 0.0182. The lowest BCUT2D eigenvalue weighted by molar-refractivity contribution is -0.286. The summed E-state index contributed by atoms with van der Waals surface area (Å²) in [5.41, 5.74) is 0.620. The molecule has 13 unspecified atom stereocenters. The van der Waals surface area contributed by atoms with Crippen LogP contribution in [-0.2, 0) is 110 Å². The SMILES string of the molecule is CC(C=O)CNC(=O)C(CCS(C)(=O)=O)S(=O)(=O)O.CC(C=O)CNC(=O)CP(C)(=O)O.CC(C=O)CNC(=O)CS(=O)(=O)O.CC(C=O)Cc1cn(CCS(=O)(=O)O)nn1.CCC(O)C(O)C1OC(O)(C(=O)NCC(C)C=O)CC(O)C1NC(C)=O. The number of aliphatic hydroxyl groups excluding tert-OH is 3. The van der Waals surface area contributed by atoms with Gasteiger partial charge in [0.2, 0.25) is 36.8 Å². The second-order valence-corrected chi connectivity index (χ2v) is 29.6. The second-order valence-electron chi connectivity index (χ2n) is 20.3. The molecule has 1 aromatic rings. The molecule has 13 atom stereocenters. The van der Waals surface area contributed by atoms with E-state index in [-0.39, 0.29) is 56.9 Å². The van der Waals surface area contributed by atoms with Gasteiger partial charge in [0.25, 0.3) is 36.3 Å². The molecular formula is C46H83N8O28PS4. The number of aryl methyl sites for hydroxylation is 1. The van der Waals surface area contributed by atoms with Crippen LogP contribution in [0.2, 0.25) is 0 Å². The minimum atomic E-state index is -4.71. The molecule has 5 amide bonds. The minimum absolute atomic E-state index is 0.0430. The highest BCUT2D eigenvalue weighted by Crippen LogP contribution is 2.34. The molecule has 2 heterocycles. The number of carbonyl (C=O) groups excluding carboxylic acids is 10. The summed E-state index contributed by atoms with van der Waals surface area (Å²) in [6.45, 7) is 12.1. The molecule has 0 radical (unpaired) electrons. The van der Waals surface area contributed by atoms with Crippen LogP contribution in [0.1, 0.15) is 73.4 Å². The maximum atomic E-state index is 12.3. The molecule has 13 N–H and O–H groups in total. The van der Waals surface area contributed by atoms with Crippen LogP contribution in [0, 0.1) is 29.6 Å². The lowest BCUT2D eigenvalue weighted by Gasteiger charge is -2.45. The molecule has 87 heavy (non-hydrogen) atoms. The van der Waals surface area contributed by atoms with Crippen LogP contribution in [0.5, 0.6) is 0 Å². The molecule has 1 aliphatic heterocycles. The van der Waals surface area contributed by atoms with Crippen LogP contribution in [0.25, 0.3) is 0 Å². The lowest BCUT2D eigenvalue weighted by atomic mass is 9.88. The van der Waals surface area contributed by atoms with Crippen molar-refractivity contribution in [1.82, 2.24) is 41.6 Å². The fraction of sp³-hybridized carbons (Fsp3) is 0.739. The van der Waals surface area contributed by atoms with Crippen molar-refractivity contribution in [3.63, 3.8) is 0 Å². The van der Waals surface area contributed by atoms with Gasteiger partial charge in [-0.3, -0.25) is 46.9 Å². The average molecular weight is 1360 g/mol. The van der Waals surface area contributed by atoms with Crippen molar-refractivity contribution in [1.29, 1.82) is 0 Å². The molecule has 2 rings (SSSR count). The zero-order valence-corrected chi connectivity index (χ0v) is 53.3. The predicted molar refractivity (Wildman–Crippen MR) is 305 cm³/mol. The smallest absolute Gasteiger partial charge is 0.280 e. The number of aromatic nitrogens is 3. The molecule has 0 bridgehead atoms. The molecule has 0 spiro atoms. The van der Waals surface area contributed by atoms with Crippen molar-refractivity contribution in [2.24, 2.45) is 29.6 Å². The first kappa shape index (κ1) is 85.7. The standard InChI is InChI=1S/C16H28N2O8.C9H17NO7S2.C8H13N3O4S.C7H14NO4P.C6H11NO5S/c1-4-10(21)13(23)14-12(18-9(3)20)11(22)5-16(25,26-14)15(24)17-6-8(2)7-19;1-7(6-11)5-10-9(12)8(19(15,16)17)3-4-18(2,13)14;1-7(6-12)4-8-5-11(10-9-8)2-3-16(13,14)15;1-6(4-9)3-8-7(10)5-13(2,11)12;1-5(3-8)2-7-6(9)4-13(10,11)12/h7-8,10-14,21-23,25H,4-6H2,1-3H3,(H,17,24)(H,18,20);6-8H,3-5H2,1-2H3,(H,10,12)(H,15,16,17);5-7H,2-4H2,1H3,(H,13,14,15);4,6H,3,5H2,1-2H3,(H,8,10)(H,11,12);3,5H,2,4H2,1H3,(H,7,9)(H,10,11,12). The molecule has 0 aliphatic carbocycles. The van der Waals surface area contributed by atoms with Gasteiger partial charge in [0.15, 0.2) is 11.0 Å². The molecule has 0 aromatic carbocycles. The van der Waals surface area contributed by atoms with Crippen LogP contribution >= 0.6 is 7.37 Å². The number of ether oxygens (including phenoxy) is 1. The van der Waals surface area contributed by atoms with Gasteiger partial charge >= 0.3 is 0 Å². The summed E-state index contributed by atoms with van der Waals surface area (Å²) >= 11 is 0. The summed E-state index contributed by atoms with van der Waals surface area (Å²) < 4.78 is 128. The zero-order valence-electron chi connectivity index (χ0n) is 49.2. The lowest BCUT2D eigenvalue weighted by Crippen LogP contribution is -2.68. The summed E-state index contributed by atoms with van der Waals surface area (Å²) in [4.78, 5) is 117. The predicted octanol–water partition coefficient (Wildman–Crippen LogP) is -5.75. The van der Waals surface area contributed by atoms with Gasteiger partial charge in [-0.25, -0.2) is 8.42 Å². The molecule has 36 nitrogen and oxygen atoms in total. The number of hydrogen-bond acceptors (Lipinski definition) is 26. The number of nitrogens with one attached hydrogen (secondary N) is 5. The number of nitrogens with zero attached hydrogens (tertiary/aromatic N) is 3. The molecule has 1 aromatic heterocycles. The number of amides is 5. The van der Waals surface area contributed by atoms with E-state index in [0.29, 0.717) is 37.3 Å². The monoisotopic (exact) mass is 1350 g/mol. The normalized spacial score (nSPS) is 20.1. The van der Waals surface area contributed by atoms with Gasteiger partial charge in [0, 0.05) is 94.7 Å². The van der Waals surface area contributed by atoms with E-state index in [2.05, 4.69) is 36.9 Å². The van der Waals surface area contributed by atoms with Crippen molar-refractivity contribution >= 4 is 109 Å². The number of hydrogen-bond donors (Lipinski definition) is 13. The van der Waals surface area contributed by atoms with Crippen LogP contribution in [0.3, 0.4) is 0 Å². The van der Waals surface area contributed by atoms with Crippen LogP contribution < -0.4 is 26.6 Å². The number of sulfone groups is 1. The zero-order chi connectivity index (χ0) is 68.5. The molecular weight excluding hydrogens is 1270 g/mol. The number of rotatable bonds is 32. The van der Waals surface area contributed by atoms with Gasteiger partial charge in [0.05, 0.1) is 42.0 Å². The Morgan fingerprint density at radius 1 is 0.759 bits per heavy atom. The van der Waals surface area contributed by atoms with Crippen molar-refractivity contribution in [3.8, 4) is 0 Å². The van der Waals surface area contributed by atoms with Gasteiger partial charge in [0.1, 0.15) is 59.6 Å². The number of aliphatic hydroxyl groups is 4. The Morgan fingerprint density at radius 2 is 1.22 bits per heavy atom. The highest BCUT2D eigenvalue weighted by atomic mass is 32.2. The van der Waals surface area contributed by atoms with Crippen molar-refractivity contribution in [3.05, 3.63) is 11.9 Å². The highest BCUT2D eigenvalue weighted by Gasteiger charge is 2.53. The maximum Gasteiger partial charge on any atom is 0.280 e. The first-order valence-electron chi connectivity index (χ1n) is 25.9. The second kappa shape index (κ2) is 40.9. The third kappa shape index (κ3) is 42.9. The summed E-state index contributed by atoms with van der Waals surface area (Å²) in [7, 11) is -19.7. The van der Waals surface area contributed by atoms with E-state index in [4.69, 9.17) is 23.3 Å². The molecule has 0 saturated carbocycles. The number of aldehydes is 5. The van der Waals surface area contributed by atoms with E-state index >= 15 is 0 Å². The van der Waals surface area contributed by atoms with Gasteiger partial charge < -0.3 is 80.6 Å². The maximum absolute atomic E-state index is 12.3. The first-order valence-corrected chi connectivity index (χ1v) is 35.0. The summed E-state index contributed by atoms with van der Waals surface area (Å²) in [6, 6.07) is -1.13. The Bertz CT molecular complexity index is 2890. The van der Waals surface area contributed by atoms with Gasteiger partial charge in [-0.1, -0.05) is 46.8 Å². The van der Waals surface area contributed by atoms with Gasteiger partial charge in [-0.2, -0.15) is 25.3 Å². The van der Waals surface area contributed by atoms with E-state index in [0.717, 1.165) is 19.2 Å².